The van der Waals surface area contributed by atoms with Gasteiger partial charge in [0, 0.05) is 6.42 Å². The Kier molecular flexibility index (Phi) is 2.91. The molecular weight excluding hydrogens is 140 g/mol. The largest absolute Gasteiger partial charge is 0.377 e. The molecule has 1 heterocycles. The first-order valence-corrected chi connectivity index (χ1v) is 3.98. The Balaban J connectivity index is 2.24. The van der Waals surface area contributed by atoms with Gasteiger partial charge in [0.1, 0.15) is 6.07 Å². The summed E-state index contributed by atoms with van der Waals surface area (Å²) in [5.41, 5.74) is 1.04. The number of hydrogen-bond acceptors (Lipinski definition) is 3. The molecule has 0 bridgehead atoms. The molecule has 0 aromatic rings. The van der Waals surface area contributed by atoms with Crippen molar-refractivity contribution in [1.29, 1.82) is 5.26 Å². The predicted octanol–water partition coefficient (Wildman–Crippen LogP) is 1.85. The van der Waals surface area contributed by atoms with Crippen LogP contribution in [0.1, 0.15) is 32.6 Å². The van der Waals surface area contributed by atoms with Crippen molar-refractivity contribution in [3.8, 4) is 6.07 Å². The van der Waals surface area contributed by atoms with Gasteiger partial charge in [0.05, 0.1) is 5.71 Å². The van der Waals surface area contributed by atoms with Crippen LogP contribution < -0.4 is 0 Å². The third-order valence-corrected chi connectivity index (χ3v) is 1.69. The number of unbranched alkanes of at least 4 members (excludes halogenated alkanes) is 1. The average molecular weight is 152 g/mol. The normalized spacial score (nSPS) is 22.2. The molecule has 0 unspecified atom stereocenters. The van der Waals surface area contributed by atoms with Crippen molar-refractivity contribution < 1.29 is 4.84 Å². The SMILES string of the molecule is CCCCC1=NO[C@H](C#N)C1. The van der Waals surface area contributed by atoms with Crippen LogP contribution in [0.2, 0.25) is 0 Å². The first-order chi connectivity index (χ1) is 5.36. The first kappa shape index (κ1) is 8.06. The highest BCUT2D eigenvalue weighted by molar-refractivity contribution is 5.85. The van der Waals surface area contributed by atoms with Gasteiger partial charge in [-0.15, -0.1) is 0 Å². The molecule has 60 valence electrons. The van der Waals surface area contributed by atoms with Gasteiger partial charge in [-0.05, 0) is 12.8 Å². The molecule has 3 heteroatoms. The van der Waals surface area contributed by atoms with Gasteiger partial charge in [-0.25, -0.2) is 0 Å². The van der Waals surface area contributed by atoms with Crippen LogP contribution in [0.25, 0.3) is 0 Å². The summed E-state index contributed by atoms with van der Waals surface area (Å²) in [6.45, 7) is 2.14. The van der Waals surface area contributed by atoms with E-state index in [1.54, 1.807) is 0 Å². The van der Waals surface area contributed by atoms with Crippen LogP contribution in [0.15, 0.2) is 5.16 Å². The summed E-state index contributed by atoms with van der Waals surface area (Å²) in [4.78, 5) is 4.84. The van der Waals surface area contributed by atoms with Gasteiger partial charge in [0.2, 0.25) is 6.10 Å². The van der Waals surface area contributed by atoms with Gasteiger partial charge in [-0.1, -0.05) is 18.5 Å². The highest BCUT2D eigenvalue weighted by atomic mass is 16.6. The Morgan fingerprint density at radius 2 is 2.64 bits per heavy atom. The van der Waals surface area contributed by atoms with E-state index in [0.29, 0.717) is 6.42 Å². The molecule has 0 fully saturated rings. The van der Waals surface area contributed by atoms with Crippen LogP contribution in [0, 0.1) is 11.3 Å². The van der Waals surface area contributed by atoms with Crippen LogP contribution in [0.3, 0.4) is 0 Å². The molecule has 0 aromatic carbocycles. The van der Waals surface area contributed by atoms with Crippen molar-refractivity contribution in [2.75, 3.05) is 0 Å². The maximum atomic E-state index is 8.46. The molecule has 1 aliphatic heterocycles. The zero-order chi connectivity index (χ0) is 8.10. The summed E-state index contributed by atoms with van der Waals surface area (Å²) in [5, 5.41) is 12.3. The molecule has 0 spiro atoms. The van der Waals surface area contributed by atoms with Gasteiger partial charge < -0.3 is 4.84 Å². The van der Waals surface area contributed by atoms with E-state index in [0.717, 1.165) is 25.0 Å². The van der Waals surface area contributed by atoms with Crippen molar-refractivity contribution in [2.45, 2.75) is 38.7 Å². The summed E-state index contributed by atoms with van der Waals surface area (Å²) < 4.78 is 0. The fraction of sp³-hybridized carbons (Fsp3) is 0.750. The Morgan fingerprint density at radius 3 is 3.18 bits per heavy atom. The van der Waals surface area contributed by atoms with Crippen LogP contribution in [-0.4, -0.2) is 11.8 Å². The third-order valence-electron chi connectivity index (χ3n) is 1.69. The third kappa shape index (κ3) is 2.23. The second-order valence-electron chi connectivity index (χ2n) is 2.69. The number of nitrogens with zero attached hydrogens (tertiary/aromatic N) is 2. The van der Waals surface area contributed by atoms with Gasteiger partial charge in [-0.2, -0.15) is 5.26 Å². The van der Waals surface area contributed by atoms with E-state index in [1.807, 2.05) is 6.07 Å². The lowest BCUT2D eigenvalue weighted by molar-refractivity contribution is 0.125. The fourth-order valence-corrected chi connectivity index (χ4v) is 1.02. The van der Waals surface area contributed by atoms with Gasteiger partial charge in [0.25, 0.3) is 0 Å². The number of rotatable bonds is 3. The monoisotopic (exact) mass is 152 g/mol. The molecular formula is C8H12N2O. The van der Waals surface area contributed by atoms with Gasteiger partial charge in [-0.3, -0.25) is 0 Å². The van der Waals surface area contributed by atoms with E-state index in [4.69, 9.17) is 10.1 Å². The smallest absolute Gasteiger partial charge is 0.217 e. The van der Waals surface area contributed by atoms with E-state index >= 15 is 0 Å². The van der Waals surface area contributed by atoms with Crippen LogP contribution in [0.4, 0.5) is 0 Å². The molecule has 0 amide bonds. The summed E-state index contributed by atoms with van der Waals surface area (Å²) >= 11 is 0. The maximum absolute atomic E-state index is 8.46. The maximum Gasteiger partial charge on any atom is 0.217 e. The number of hydrogen-bond donors (Lipinski definition) is 0. The lowest BCUT2D eigenvalue weighted by atomic mass is 10.1. The Labute approximate surface area is 66.6 Å². The highest BCUT2D eigenvalue weighted by Gasteiger charge is 2.18. The number of nitriles is 1. The molecule has 0 aliphatic carbocycles. The van der Waals surface area contributed by atoms with Crippen molar-refractivity contribution >= 4 is 5.71 Å². The van der Waals surface area contributed by atoms with Crippen molar-refractivity contribution in [1.82, 2.24) is 0 Å². The molecule has 0 saturated carbocycles. The summed E-state index contributed by atoms with van der Waals surface area (Å²) in [6, 6.07) is 2.03. The summed E-state index contributed by atoms with van der Waals surface area (Å²) in [7, 11) is 0. The molecule has 1 aliphatic rings. The zero-order valence-corrected chi connectivity index (χ0v) is 6.71. The number of oxime groups is 1. The minimum absolute atomic E-state index is 0.318. The molecule has 0 saturated heterocycles. The highest BCUT2D eigenvalue weighted by Crippen LogP contribution is 2.13. The second-order valence-corrected chi connectivity index (χ2v) is 2.69. The Morgan fingerprint density at radius 1 is 1.82 bits per heavy atom. The standard InChI is InChI=1S/C8H12N2O/c1-2-3-4-7-5-8(6-9)11-10-7/h8H,2-5H2,1H3/t8-/m0/s1. The van der Waals surface area contributed by atoms with Gasteiger partial charge in [0.15, 0.2) is 0 Å². The van der Waals surface area contributed by atoms with E-state index < -0.39 is 0 Å². The summed E-state index contributed by atoms with van der Waals surface area (Å²) in [6.07, 6.45) is 3.67. The zero-order valence-electron chi connectivity index (χ0n) is 6.71. The molecule has 1 rings (SSSR count). The molecule has 3 nitrogen and oxygen atoms in total. The minimum atomic E-state index is -0.318. The van der Waals surface area contributed by atoms with Crippen LogP contribution in [0.5, 0.6) is 0 Å². The van der Waals surface area contributed by atoms with Crippen LogP contribution >= 0.6 is 0 Å². The topological polar surface area (TPSA) is 45.4 Å². The first-order valence-electron chi connectivity index (χ1n) is 3.98. The fourth-order valence-electron chi connectivity index (χ4n) is 1.02. The lowest BCUT2D eigenvalue weighted by Gasteiger charge is -1.94. The van der Waals surface area contributed by atoms with Crippen molar-refractivity contribution in [3.05, 3.63) is 0 Å². The average Bonchev–Trinajstić information content (AvgIpc) is 2.48. The van der Waals surface area contributed by atoms with E-state index in [9.17, 15) is 0 Å². The van der Waals surface area contributed by atoms with E-state index in [1.165, 1.54) is 0 Å². The van der Waals surface area contributed by atoms with E-state index in [-0.39, 0.29) is 6.10 Å². The predicted molar refractivity (Wildman–Crippen MR) is 42.1 cm³/mol. The molecule has 0 aromatic heterocycles. The van der Waals surface area contributed by atoms with Crippen LogP contribution in [-0.2, 0) is 4.84 Å². The van der Waals surface area contributed by atoms with Crippen molar-refractivity contribution in [2.24, 2.45) is 5.16 Å². The van der Waals surface area contributed by atoms with E-state index in [2.05, 4.69) is 12.1 Å². The Hall–Kier alpha value is -1.04. The quantitative estimate of drug-likeness (QED) is 0.619. The van der Waals surface area contributed by atoms with Gasteiger partial charge >= 0.3 is 0 Å². The molecule has 1 atom stereocenters. The second kappa shape index (κ2) is 3.97. The molecule has 0 N–H and O–H groups in total. The summed E-state index contributed by atoms with van der Waals surface area (Å²) in [5.74, 6) is 0. The minimum Gasteiger partial charge on any atom is -0.377 e. The molecule has 0 radical (unpaired) electrons. The Bertz CT molecular complexity index is 193. The molecule has 11 heavy (non-hydrogen) atoms. The lowest BCUT2D eigenvalue weighted by Crippen LogP contribution is -2.03. The van der Waals surface area contributed by atoms with Crippen molar-refractivity contribution in [3.63, 3.8) is 0 Å².